The minimum absolute atomic E-state index is 0.193. The highest BCUT2D eigenvalue weighted by Gasteiger charge is 2.33. The Morgan fingerprint density at radius 2 is 1.63 bits per heavy atom. The lowest BCUT2D eigenvalue weighted by molar-refractivity contribution is -0.137. The van der Waals surface area contributed by atoms with Crippen LogP contribution in [0.2, 0.25) is 0 Å². The van der Waals surface area contributed by atoms with E-state index in [9.17, 15) is 14.4 Å². The summed E-state index contributed by atoms with van der Waals surface area (Å²) in [5, 5.41) is 5.20. The maximum absolute atomic E-state index is 12.7. The highest BCUT2D eigenvalue weighted by Crippen LogP contribution is 2.39. The summed E-state index contributed by atoms with van der Waals surface area (Å²) in [6.45, 7) is 7.02. The predicted molar refractivity (Wildman–Crippen MR) is 111 cm³/mol. The van der Waals surface area contributed by atoms with Crippen LogP contribution in [0.15, 0.2) is 12.1 Å². The van der Waals surface area contributed by atoms with E-state index in [1.165, 1.54) is 4.90 Å². The van der Waals surface area contributed by atoms with Crippen LogP contribution in [0.4, 0.5) is 0 Å². The quantitative estimate of drug-likeness (QED) is 0.591. The zero-order valence-corrected chi connectivity index (χ0v) is 18.1. The molecule has 3 amide bonds. The van der Waals surface area contributed by atoms with Crippen molar-refractivity contribution in [2.24, 2.45) is 0 Å². The maximum Gasteiger partial charge on any atom is 0.251 e. The molecule has 1 aromatic rings. The van der Waals surface area contributed by atoms with Crippen LogP contribution in [0, 0.1) is 0 Å². The molecule has 0 saturated carbocycles. The van der Waals surface area contributed by atoms with Gasteiger partial charge in [-0.2, -0.15) is 0 Å². The van der Waals surface area contributed by atoms with Gasteiger partial charge in [0, 0.05) is 19.2 Å². The molecule has 1 aliphatic rings. The number of nitrogens with one attached hydrogen (secondary N) is 2. The number of carbonyl (C=O) groups excluding carboxylic acids is 3. The van der Waals surface area contributed by atoms with Crippen LogP contribution in [0.3, 0.4) is 0 Å². The minimum atomic E-state index is -0.487. The number of likely N-dealkylation sites (tertiary alicyclic amines) is 1. The third kappa shape index (κ3) is 5.55. The van der Waals surface area contributed by atoms with Gasteiger partial charge in [0.15, 0.2) is 11.5 Å². The summed E-state index contributed by atoms with van der Waals surface area (Å²) in [6, 6.07) is 2.65. The summed E-state index contributed by atoms with van der Waals surface area (Å²) in [7, 11) is 1.54. The lowest BCUT2D eigenvalue weighted by atomic mass is 10.1. The molecule has 1 aliphatic heterocycles. The number of likely N-dealkylation sites (N-methyl/N-ethyl adjacent to an activating group) is 1. The van der Waals surface area contributed by atoms with Gasteiger partial charge >= 0.3 is 0 Å². The summed E-state index contributed by atoms with van der Waals surface area (Å²) in [5.74, 6) is 0.321. The Balaban J connectivity index is 2.14. The molecule has 0 spiro atoms. The molecule has 30 heavy (non-hydrogen) atoms. The number of benzene rings is 1. The normalized spacial score (nSPS) is 15.5. The van der Waals surface area contributed by atoms with E-state index in [-0.39, 0.29) is 18.4 Å². The fourth-order valence-corrected chi connectivity index (χ4v) is 3.38. The van der Waals surface area contributed by atoms with Gasteiger partial charge in [-0.05, 0) is 45.7 Å². The third-order valence-electron chi connectivity index (χ3n) is 4.69. The first-order valence-electron chi connectivity index (χ1n) is 10.3. The van der Waals surface area contributed by atoms with Gasteiger partial charge in [-0.15, -0.1) is 0 Å². The Morgan fingerprint density at radius 3 is 2.17 bits per heavy atom. The highest BCUT2D eigenvalue weighted by molar-refractivity contribution is 5.98. The van der Waals surface area contributed by atoms with Gasteiger partial charge < -0.3 is 29.7 Å². The van der Waals surface area contributed by atoms with E-state index in [1.807, 2.05) is 20.8 Å². The van der Waals surface area contributed by atoms with Crippen molar-refractivity contribution in [1.29, 1.82) is 0 Å². The number of carbonyl (C=O) groups is 3. The third-order valence-corrected chi connectivity index (χ3v) is 4.69. The van der Waals surface area contributed by atoms with Gasteiger partial charge in [0.25, 0.3) is 5.91 Å². The van der Waals surface area contributed by atoms with Crippen LogP contribution in [0.1, 0.15) is 44.0 Å². The van der Waals surface area contributed by atoms with Gasteiger partial charge in [-0.1, -0.05) is 0 Å². The highest BCUT2D eigenvalue weighted by atomic mass is 16.5. The van der Waals surface area contributed by atoms with Crippen molar-refractivity contribution in [3.8, 4) is 17.2 Å². The summed E-state index contributed by atoms with van der Waals surface area (Å²) < 4.78 is 16.9. The molecule has 1 heterocycles. The molecular weight excluding hydrogens is 390 g/mol. The average molecular weight is 421 g/mol. The van der Waals surface area contributed by atoms with Crippen molar-refractivity contribution in [2.75, 3.05) is 40.0 Å². The van der Waals surface area contributed by atoms with Crippen LogP contribution >= 0.6 is 0 Å². The van der Waals surface area contributed by atoms with Gasteiger partial charge in [0.1, 0.15) is 6.04 Å². The van der Waals surface area contributed by atoms with E-state index in [0.29, 0.717) is 55.6 Å². The molecule has 1 aromatic carbocycles. The van der Waals surface area contributed by atoms with Crippen LogP contribution in [-0.2, 0) is 9.59 Å². The van der Waals surface area contributed by atoms with Gasteiger partial charge in [0.2, 0.25) is 17.6 Å². The topological polar surface area (TPSA) is 106 Å². The van der Waals surface area contributed by atoms with Crippen molar-refractivity contribution in [3.63, 3.8) is 0 Å². The molecule has 1 atom stereocenters. The number of rotatable bonds is 10. The first-order valence-corrected chi connectivity index (χ1v) is 10.3. The van der Waals surface area contributed by atoms with Gasteiger partial charge in [0.05, 0.1) is 26.4 Å². The van der Waals surface area contributed by atoms with Crippen molar-refractivity contribution in [3.05, 3.63) is 17.7 Å². The summed E-state index contributed by atoms with van der Waals surface area (Å²) in [5.41, 5.74) is 0.294. The molecule has 1 unspecified atom stereocenters. The summed E-state index contributed by atoms with van der Waals surface area (Å²) in [6.07, 6.45) is 1.37. The largest absolute Gasteiger partial charge is 0.490 e. The molecule has 2 N–H and O–H groups in total. The van der Waals surface area contributed by atoms with E-state index in [1.54, 1.807) is 19.2 Å². The van der Waals surface area contributed by atoms with E-state index >= 15 is 0 Å². The molecule has 2 rings (SSSR count). The zero-order valence-electron chi connectivity index (χ0n) is 18.1. The molecular formula is C21H31N3O6. The molecule has 9 nitrogen and oxygen atoms in total. The standard InChI is InChI=1S/C21H31N3O6/c1-5-28-16-11-14(12-17(29-6-2)19(16)30-7-3)20(26)23-13-18(25)24-10-8-9-15(24)21(27)22-4/h11-12,15H,5-10,13H2,1-4H3,(H,22,27)(H,23,26). The Kier molecular flexibility index (Phi) is 8.76. The Bertz CT molecular complexity index is 740. The maximum atomic E-state index is 12.7. The van der Waals surface area contributed by atoms with E-state index in [0.717, 1.165) is 6.42 Å². The fourth-order valence-electron chi connectivity index (χ4n) is 3.38. The van der Waals surface area contributed by atoms with Gasteiger partial charge in [-0.3, -0.25) is 14.4 Å². The molecule has 0 radical (unpaired) electrons. The van der Waals surface area contributed by atoms with Crippen molar-refractivity contribution >= 4 is 17.7 Å². The molecule has 1 saturated heterocycles. The number of hydrogen-bond donors (Lipinski definition) is 2. The van der Waals surface area contributed by atoms with Crippen LogP contribution < -0.4 is 24.8 Å². The second kappa shape index (κ2) is 11.3. The van der Waals surface area contributed by atoms with Crippen molar-refractivity contribution in [2.45, 2.75) is 39.7 Å². The van der Waals surface area contributed by atoms with E-state index in [4.69, 9.17) is 14.2 Å². The SMILES string of the molecule is CCOc1cc(C(=O)NCC(=O)N2CCCC2C(=O)NC)cc(OCC)c1OCC. The summed E-state index contributed by atoms with van der Waals surface area (Å²) >= 11 is 0. The molecule has 0 bridgehead atoms. The number of ether oxygens (including phenoxy) is 3. The second-order valence-electron chi connectivity index (χ2n) is 6.64. The second-order valence-corrected chi connectivity index (χ2v) is 6.64. The molecule has 0 aromatic heterocycles. The smallest absolute Gasteiger partial charge is 0.251 e. The monoisotopic (exact) mass is 421 g/mol. The van der Waals surface area contributed by atoms with E-state index < -0.39 is 11.9 Å². The first kappa shape index (κ1) is 23.3. The van der Waals surface area contributed by atoms with Crippen LogP contribution in [-0.4, -0.2) is 68.6 Å². The molecule has 0 aliphatic carbocycles. The van der Waals surface area contributed by atoms with Crippen LogP contribution in [0.5, 0.6) is 17.2 Å². The minimum Gasteiger partial charge on any atom is -0.490 e. The Hall–Kier alpha value is -2.97. The Labute approximate surface area is 177 Å². The first-order chi connectivity index (χ1) is 14.5. The van der Waals surface area contributed by atoms with Crippen molar-refractivity contribution in [1.82, 2.24) is 15.5 Å². The van der Waals surface area contributed by atoms with Gasteiger partial charge in [-0.25, -0.2) is 0 Å². The van der Waals surface area contributed by atoms with Crippen LogP contribution in [0.25, 0.3) is 0 Å². The number of hydrogen-bond acceptors (Lipinski definition) is 6. The lowest BCUT2D eigenvalue weighted by Gasteiger charge is -2.23. The lowest BCUT2D eigenvalue weighted by Crippen LogP contribution is -2.48. The summed E-state index contributed by atoms with van der Waals surface area (Å²) in [4.78, 5) is 38.7. The molecule has 9 heteroatoms. The van der Waals surface area contributed by atoms with E-state index in [2.05, 4.69) is 10.6 Å². The number of nitrogens with zero attached hydrogens (tertiary/aromatic N) is 1. The Morgan fingerprint density at radius 1 is 1.03 bits per heavy atom. The average Bonchev–Trinajstić information content (AvgIpc) is 3.23. The fraction of sp³-hybridized carbons (Fsp3) is 0.571. The van der Waals surface area contributed by atoms with Crippen molar-refractivity contribution < 1.29 is 28.6 Å². The predicted octanol–water partition coefficient (Wildman–Crippen LogP) is 1.35. The molecule has 1 fully saturated rings. The number of amides is 3. The zero-order chi connectivity index (χ0) is 22.1. The molecule has 166 valence electrons.